The third kappa shape index (κ3) is 4.53. The van der Waals surface area contributed by atoms with Crippen LogP contribution in [-0.4, -0.2) is 26.3 Å². The second kappa shape index (κ2) is 7.74. The van der Waals surface area contributed by atoms with Gasteiger partial charge < -0.3 is 19.9 Å². The van der Waals surface area contributed by atoms with Crippen molar-refractivity contribution in [1.82, 2.24) is 0 Å². The lowest BCUT2D eigenvalue weighted by Crippen LogP contribution is -2.13. The molecule has 0 aliphatic heterocycles. The molecule has 0 amide bonds. The zero-order valence-corrected chi connectivity index (χ0v) is 13.7. The van der Waals surface area contributed by atoms with Crippen molar-refractivity contribution in [1.29, 1.82) is 0 Å². The number of esters is 1. The van der Waals surface area contributed by atoms with Crippen molar-refractivity contribution in [2.24, 2.45) is 0 Å². The first-order chi connectivity index (χ1) is 11.0. The Morgan fingerprint density at radius 1 is 1.17 bits per heavy atom. The highest BCUT2D eigenvalue weighted by Gasteiger charge is 2.16. The highest BCUT2D eigenvalue weighted by molar-refractivity contribution is 6.33. The zero-order valence-electron chi connectivity index (χ0n) is 13.0. The van der Waals surface area contributed by atoms with E-state index in [0.717, 1.165) is 11.3 Å². The fraction of sp³-hybridized carbons (Fsp3) is 0.235. The van der Waals surface area contributed by atoms with Crippen LogP contribution in [0.25, 0.3) is 0 Å². The third-order valence-corrected chi connectivity index (χ3v) is 3.47. The van der Waals surface area contributed by atoms with Crippen LogP contribution < -0.4 is 15.2 Å². The van der Waals surface area contributed by atoms with Crippen LogP contribution >= 0.6 is 11.6 Å². The Morgan fingerprint density at radius 3 is 2.52 bits per heavy atom. The van der Waals surface area contributed by atoms with E-state index >= 15 is 0 Å². The summed E-state index contributed by atoms with van der Waals surface area (Å²) in [5, 5.41) is 0.272. The molecule has 0 bridgehead atoms. The average Bonchev–Trinajstić information content (AvgIpc) is 2.55. The number of nitrogen functional groups attached to an aromatic ring is 1. The molecular weight excluding hydrogens is 318 g/mol. The van der Waals surface area contributed by atoms with E-state index < -0.39 is 5.97 Å². The van der Waals surface area contributed by atoms with Gasteiger partial charge in [-0.15, -0.1) is 0 Å². The summed E-state index contributed by atoms with van der Waals surface area (Å²) in [6.07, 6.45) is 0. The van der Waals surface area contributed by atoms with E-state index in [-0.39, 0.29) is 23.8 Å². The van der Waals surface area contributed by atoms with Crippen LogP contribution in [0, 0.1) is 6.92 Å². The number of carbonyl (C=O) groups is 1. The van der Waals surface area contributed by atoms with E-state index in [1.165, 1.54) is 19.2 Å². The van der Waals surface area contributed by atoms with Crippen molar-refractivity contribution in [2.45, 2.75) is 6.92 Å². The summed E-state index contributed by atoms with van der Waals surface area (Å²) in [7, 11) is 1.44. The van der Waals surface area contributed by atoms with E-state index in [4.69, 9.17) is 31.5 Å². The van der Waals surface area contributed by atoms with Gasteiger partial charge in [-0.1, -0.05) is 29.3 Å². The first-order valence-electron chi connectivity index (χ1n) is 7.01. The first kappa shape index (κ1) is 17.0. The van der Waals surface area contributed by atoms with Crippen molar-refractivity contribution in [3.63, 3.8) is 0 Å². The predicted octanol–water partition coefficient (Wildman–Crippen LogP) is 3.48. The molecule has 0 aliphatic carbocycles. The van der Waals surface area contributed by atoms with Crippen molar-refractivity contribution >= 4 is 23.3 Å². The lowest BCUT2D eigenvalue weighted by Gasteiger charge is -2.11. The molecule has 122 valence electrons. The standard InChI is InChI=1S/C17H18ClNO4/c1-11-3-5-12(6-4-11)22-7-8-23-17(20)13-9-14(18)15(19)10-16(13)21-2/h3-6,9-10H,7-8,19H2,1-2H3. The number of anilines is 1. The normalized spacial score (nSPS) is 10.2. The summed E-state index contributed by atoms with van der Waals surface area (Å²) in [5.41, 5.74) is 7.39. The topological polar surface area (TPSA) is 70.8 Å². The van der Waals surface area contributed by atoms with Crippen LogP contribution in [0.15, 0.2) is 36.4 Å². The summed E-state index contributed by atoms with van der Waals surface area (Å²) >= 11 is 5.93. The van der Waals surface area contributed by atoms with E-state index in [9.17, 15) is 4.79 Å². The molecule has 0 saturated heterocycles. The first-order valence-corrected chi connectivity index (χ1v) is 7.38. The van der Waals surface area contributed by atoms with Crippen molar-refractivity contribution < 1.29 is 19.0 Å². The van der Waals surface area contributed by atoms with Crippen LogP contribution in [0.4, 0.5) is 5.69 Å². The van der Waals surface area contributed by atoms with Gasteiger partial charge in [0, 0.05) is 6.07 Å². The third-order valence-electron chi connectivity index (χ3n) is 3.14. The minimum absolute atomic E-state index is 0.109. The summed E-state index contributed by atoms with van der Waals surface area (Å²) < 4.78 is 15.8. The molecule has 0 heterocycles. The Labute approximate surface area is 139 Å². The lowest BCUT2D eigenvalue weighted by atomic mass is 10.2. The quantitative estimate of drug-likeness (QED) is 0.497. The van der Waals surface area contributed by atoms with Crippen molar-refractivity contribution in [2.75, 3.05) is 26.1 Å². The molecule has 2 N–H and O–H groups in total. The fourth-order valence-corrected chi connectivity index (χ4v) is 2.07. The number of methoxy groups -OCH3 is 1. The Balaban J connectivity index is 1.90. The number of benzene rings is 2. The molecule has 6 heteroatoms. The minimum atomic E-state index is -0.545. The number of aryl methyl sites for hydroxylation is 1. The maximum Gasteiger partial charge on any atom is 0.342 e. The smallest absolute Gasteiger partial charge is 0.342 e. The van der Waals surface area contributed by atoms with Gasteiger partial charge in [0.15, 0.2) is 0 Å². The van der Waals surface area contributed by atoms with E-state index in [0.29, 0.717) is 11.4 Å². The molecule has 5 nitrogen and oxygen atoms in total. The maximum atomic E-state index is 12.1. The Hall–Kier alpha value is -2.40. The highest BCUT2D eigenvalue weighted by atomic mass is 35.5. The van der Waals surface area contributed by atoms with E-state index in [2.05, 4.69) is 0 Å². The molecule has 23 heavy (non-hydrogen) atoms. The number of rotatable bonds is 6. The maximum absolute atomic E-state index is 12.1. The molecule has 0 saturated carbocycles. The van der Waals surface area contributed by atoms with Gasteiger partial charge in [0.05, 0.1) is 17.8 Å². The number of halogens is 1. The number of ether oxygens (including phenoxy) is 3. The van der Waals surface area contributed by atoms with Gasteiger partial charge in [-0.05, 0) is 25.1 Å². The molecule has 0 radical (unpaired) electrons. The monoisotopic (exact) mass is 335 g/mol. The van der Waals surface area contributed by atoms with Crippen molar-refractivity contribution in [3.8, 4) is 11.5 Å². The predicted molar refractivity (Wildman–Crippen MR) is 89.4 cm³/mol. The Morgan fingerprint density at radius 2 is 1.87 bits per heavy atom. The van der Waals surface area contributed by atoms with Crippen LogP contribution in [-0.2, 0) is 4.74 Å². The summed E-state index contributed by atoms with van der Waals surface area (Å²) in [5.74, 6) is 0.493. The number of hydrogen-bond acceptors (Lipinski definition) is 5. The summed E-state index contributed by atoms with van der Waals surface area (Å²) in [6, 6.07) is 10.5. The molecule has 2 aromatic rings. The molecule has 2 aromatic carbocycles. The van der Waals surface area contributed by atoms with Crippen LogP contribution in [0.5, 0.6) is 11.5 Å². The molecule has 2 rings (SSSR count). The highest BCUT2D eigenvalue weighted by Crippen LogP contribution is 2.29. The van der Waals surface area contributed by atoms with Crippen LogP contribution in [0.2, 0.25) is 5.02 Å². The molecule has 0 unspecified atom stereocenters. The molecule has 0 aliphatic rings. The average molecular weight is 336 g/mol. The van der Waals surface area contributed by atoms with Gasteiger partial charge in [0.2, 0.25) is 0 Å². The number of nitrogens with two attached hydrogens (primary N) is 1. The van der Waals surface area contributed by atoms with Crippen LogP contribution in [0.3, 0.4) is 0 Å². The van der Waals surface area contributed by atoms with Gasteiger partial charge in [0.1, 0.15) is 30.3 Å². The second-order valence-electron chi connectivity index (χ2n) is 4.87. The van der Waals surface area contributed by atoms with E-state index in [1.54, 1.807) is 0 Å². The fourth-order valence-electron chi connectivity index (χ4n) is 1.90. The molecule has 0 aromatic heterocycles. The Bertz CT molecular complexity index is 686. The SMILES string of the molecule is COc1cc(N)c(Cl)cc1C(=O)OCCOc1ccc(C)cc1. The molecule has 0 fully saturated rings. The summed E-state index contributed by atoms with van der Waals surface area (Å²) in [4.78, 5) is 12.1. The van der Waals surface area contributed by atoms with Gasteiger partial charge >= 0.3 is 5.97 Å². The van der Waals surface area contributed by atoms with E-state index in [1.807, 2.05) is 31.2 Å². The van der Waals surface area contributed by atoms with Gasteiger partial charge in [-0.3, -0.25) is 0 Å². The van der Waals surface area contributed by atoms with Crippen LogP contribution in [0.1, 0.15) is 15.9 Å². The lowest BCUT2D eigenvalue weighted by molar-refractivity contribution is 0.0447. The van der Waals surface area contributed by atoms with Crippen molar-refractivity contribution in [3.05, 3.63) is 52.5 Å². The summed E-state index contributed by atoms with van der Waals surface area (Å²) in [6.45, 7) is 2.36. The zero-order chi connectivity index (χ0) is 16.8. The van der Waals surface area contributed by atoms with Gasteiger partial charge in [-0.2, -0.15) is 0 Å². The molecule has 0 spiro atoms. The Kier molecular flexibility index (Phi) is 5.71. The minimum Gasteiger partial charge on any atom is -0.496 e. The largest absolute Gasteiger partial charge is 0.496 e. The molecule has 0 atom stereocenters. The van der Waals surface area contributed by atoms with Gasteiger partial charge in [-0.25, -0.2) is 4.79 Å². The second-order valence-corrected chi connectivity index (χ2v) is 5.28. The number of carbonyl (C=O) groups excluding carboxylic acids is 1. The van der Waals surface area contributed by atoms with Gasteiger partial charge in [0.25, 0.3) is 0 Å². The number of hydrogen-bond donors (Lipinski definition) is 1. The molecular formula is C17H18ClNO4.